The summed E-state index contributed by atoms with van der Waals surface area (Å²) in [6.07, 6.45) is 4.12. The van der Waals surface area contributed by atoms with Crippen LogP contribution in [0, 0.1) is 0 Å². The molecule has 0 bridgehead atoms. The number of rotatable bonds is 5. The topological polar surface area (TPSA) is 61.4 Å². The molecule has 1 aromatic carbocycles. The van der Waals surface area contributed by atoms with Gasteiger partial charge in [-0.05, 0) is 19.0 Å². The Hall–Kier alpha value is -2.47. The predicted octanol–water partition coefficient (Wildman–Crippen LogP) is 1.52. The Bertz CT molecular complexity index is 651. The summed E-state index contributed by atoms with van der Waals surface area (Å²) in [7, 11) is 2.07. The summed E-state index contributed by atoms with van der Waals surface area (Å²) >= 11 is 0. The van der Waals surface area contributed by atoms with Crippen molar-refractivity contribution in [1.29, 1.82) is 0 Å². The Labute approximate surface area is 142 Å². The molecule has 0 unspecified atom stereocenters. The van der Waals surface area contributed by atoms with E-state index in [0.29, 0.717) is 11.5 Å². The number of likely N-dealkylation sites (N-methyl/N-ethyl adjacent to an activating group) is 1. The maximum atomic E-state index is 12.4. The third kappa shape index (κ3) is 4.29. The van der Waals surface area contributed by atoms with Gasteiger partial charge in [0.25, 0.3) is 5.91 Å². The fourth-order valence-corrected chi connectivity index (χ4v) is 2.68. The van der Waals surface area contributed by atoms with Crippen molar-refractivity contribution in [2.24, 2.45) is 0 Å². The van der Waals surface area contributed by atoms with E-state index < -0.39 is 0 Å². The molecule has 0 saturated carbocycles. The number of amides is 1. The molecular weight excluding hydrogens is 302 g/mol. The van der Waals surface area contributed by atoms with Gasteiger partial charge in [0, 0.05) is 32.7 Å². The van der Waals surface area contributed by atoms with Crippen LogP contribution in [-0.4, -0.2) is 65.4 Å². The lowest BCUT2D eigenvalue weighted by Crippen LogP contribution is -2.47. The molecule has 126 valence electrons. The first kappa shape index (κ1) is 16.4. The zero-order valence-electron chi connectivity index (χ0n) is 14.0. The summed E-state index contributed by atoms with van der Waals surface area (Å²) < 4.78 is 0. The minimum Gasteiger partial charge on any atom is -0.368 e. The predicted molar refractivity (Wildman–Crippen MR) is 94.1 cm³/mol. The van der Waals surface area contributed by atoms with Gasteiger partial charge in [0.15, 0.2) is 0 Å². The van der Waals surface area contributed by atoms with E-state index in [0.717, 1.165) is 39.1 Å². The zero-order valence-corrected chi connectivity index (χ0v) is 14.0. The lowest BCUT2D eigenvalue weighted by atomic mass is 10.1. The molecule has 0 atom stereocenters. The molecule has 1 fully saturated rings. The van der Waals surface area contributed by atoms with Crippen LogP contribution >= 0.6 is 0 Å². The van der Waals surface area contributed by atoms with E-state index in [-0.39, 0.29) is 5.91 Å². The molecule has 3 rings (SSSR count). The highest BCUT2D eigenvalue weighted by molar-refractivity contribution is 5.92. The second-order valence-corrected chi connectivity index (χ2v) is 6.04. The first-order valence-corrected chi connectivity index (χ1v) is 8.30. The van der Waals surface area contributed by atoms with E-state index in [9.17, 15) is 4.79 Å². The number of nitrogens with one attached hydrogen (secondary N) is 1. The van der Waals surface area contributed by atoms with Crippen LogP contribution in [-0.2, 0) is 6.42 Å². The normalized spacial score (nSPS) is 15.3. The van der Waals surface area contributed by atoms with Crippen molar-refractivity contribution in [3.05, 3.63) is 54.0 Å². The van der Waals surface area contributed by atoms with Crippen LogP contribution in [0.15, 0.2) is 42.7 Å². The van der Waals surface area contributed by atoms with Gasteiger partial charge >= 0.3 is 0 Å². The summed E-state index contributed by atoms with van der Waals surface area (Å²) in [5.41, 5.74) is 1.69. The van der Waals surface area contributed by atoms with Crippen molar-refractivity contribution >= 4 is 11.7 Å². The van der Waals surface area contributed by atoms with Gasteiger partial charge < -0.3 is 15.1 Å². The molecule has 1 amide bonds. The van der Waals surface area contributed by atoms with E-state index in [4.69, 9.17) is 0 Å². The van der Waals surface area contributed by atoms with Gasteiger partial charge in [-0.3, -0.25) is 4.79 Å². The second-order valence-electron chi connectivity index (χ2n) is 6.04. The number of piperazine rings is 1. The van der Waals surface area contributed by atoms with Crippen molar-refractivity contribution in [2.75, 3.05) is 45.1 Å². The Morgan fingerprint density at radius 2 is 1.83 bits per heavy atom. The summed E-state index contributed by atoms with van der Waals surface area (Å²) in [6, 6.07) is 10.3. The van der Waals surface area contributed by atoms with Gasteiger partial charge in [0.1, 0.15) is 11.5 Å². The molecule has 1 saturated heterocycles. The van der Waals surface area contributed by atoms with E-state index in [2.05, 4.69) is 39.4 Å². The van der Waals surface area contributed by atoms with Gasteiger partial charge in [-0.2, -0.15) is 0 Å². The number of hydrogen-bond donors (Lipinski definition) is 1. The Balaban J connectivity index is 1.50. The number of anilines is 1. The maximum absolute atomic E-state index is 12.4. The number of carbonyl (C=O) groups excluding carboxylic acids is 1. The molecule has 6 nitrogen and oxygen atoms in total. The van der Waals surface area contributed by atoms with Gasteiger partial charge in [0.05, 0.1) is 12.4 Å². The molecule has 0 aliphatic carbocycles. The van der Waals surface area contributed by atoms with Crippen LogP contribution in [0.25, 0.3) is 0 Å². The third-order valence-corrected chi connectivity index (χ3v) is 4.22. The number of aromatic nitrogens is 2. The molecule has 1 aromatic heterocycles. The molecule has 0 radical (unpaired) electrons. The third-order valence-electron chi connectivity index (χ3n) is 4.22. The van der Waals surface area contributed by atoms with Crippen LogP contribution in [0.5, 0.6) is 0 Å². The highest BCUT2D eigenvalue weighted by Gasteiger charge is 2.21. The first-order valence-electron chi connectivity index (χ1n) is 8.30. The Kier molecular flexibility index (Phi) is 5.38. The number of carbonyl (C=O) groups is 1. The van der Waals surface area contributed by atoms with E-state index in [1.165, 1.54) is 5.56 Å². The molecule has 0 spiro atoms. The number of nitrogens with zero attached hydrogens (tertiary/aromatic N) is 4. The smallest absolute Gasteiger partial charge is 0.274 e. The highest BCUT2D eigenvalue weighted by Crippen LogP contribution is 2.08. The summed E-state index contributed by atoms with van der Waals surface area (Å²) in [5, 5.41) is 3.24. The minimum absolute atomic E-state index is 0.0357. The molecule has 2 heterocycles. The highest BCUT2D eigenvalue weighted by atomic mass is 16.2. The van der Waals surface area contributed by atoms with Crippen LogP contribution < -0.4 is 5.32 Å². The summed E-state index contributed by atoms with van der Waals surface area (Å²) in [4.78, 5) is 25.0. The van der Waals surface area contributed by atoms with Crippen LogP contribution in [0.2, 0.25) is 0 Å². The van der Waals surface area contributed by atoms with Crippen molar-refractivity contribution in [3.63, 3.8) is 0 Å². The van der Waals surface area contributed by atoms with Crippen LogP contribution in [0.4, 0.5) is 5.82 Å². The van der Waals surface area contributed by atoms with E-state index in [1.807, 2.05) is 23.1 Å². The number of hydrogen-bond acceptors (Lipinski definition) is 5. The average Bonchev–Trinajstić information content (AvgIpc) is 2.63. The Morgan fingerprint density at radius 3 is 2.50 bits per heavy atom. The lowest BCUT2D eigenvalue weighted by Gasteiger charge is -2.32. The zero-order chi connectivity index (χ0) is 16.8. The molecular formula is C18H23N5O. The molecule has 2 aromatic rings. The van der Waals surface area contributed by atoms with Gasteiger partial charge in [-0.15, -0.1) is 0 Å². The standard InChI is InChI=1S/C18H23N5O/c1-22-9-11-23(12-10-22)18(24)16-13-21-17(14-20-16)19-8-7-15-5-3-2-4-6-15/h2-6,13-14H,7-12H2,1H3,(H,19,21). The Morgan fingerprint density at radius 1 is 1.08 bits per heavy atom. The van der Waals surface area contributed by atoms with Crippen molar-refractivity contribution in [1.82, 2.24) is 19.8 Å². The van der Waals surface area contributed by atoms with Crippen molar-refractivity contribution in [2.45, 2.75) is 6.42 Å². The van der Waals surface area contributed by atoms with Crippen molar-refractivity contribution < 1.29 is 4.79 Å². The monoisotopic (exact) mass is 325 g/mol. The first-order chi connectivity index (χ1) is 11.7. The fraction of sp³-hybridized carbons (Fsp3) is 0.389. The van der Waals surface area contributed by atoms with Crippen LogP contribution in [0.3, 0.4) is 0 Å². The maximum Gasteiger partial charge on any atom is 0.274 e. The van der Waals surface area contributed by atoms with E-state index >= 15 is 0 Å². The average molecular weight is 325 g/mol. The summed E-state index contributed by atoms with van der Waals surface area (Å²) in [6.45, 7) is 4.07. The molecule has 1 N–H and O–H groups in total. The van der Waals surface area contributed by atoms with E-state index in [1.54, 1.807) is 12.4 Å². The molecule has 1 aliphatic rings. The molecule has 24 heavy (non-hydrogen) atoms. The quantitative estimate of drug-likeness (QED) is 0.903. The fourth-order valence-electron chi connectivity index (χ4n) is 2.68. The van der Waals surface area contributed by atoms with Gasteiger partial charge in [0.2, 0.25) is 0 Å². The largest absolute Gasteiger partial charge is 0.368 e. The van der Waals surface area contributed by atoms with Crippen LogP contribution in [0.1, 0.15) is 16.1 Å². The summed E-state index contributed by atoms with van der Waals surface area (Å²) in [5.74, 6) is 0.660. The minimum atomic E-state index is -0.0357. The molecule has 6 heteroatoms. The van der Waals surface area contributed by atoms with Crippen molar-refractivity contribution in [3.8, 4) is 0 Å². The molecule has 1 aliphatic heterocycles. The lowest BCUT2D eigenvalue weighted by molar-refractivity contribution is 0.0658. The second kappa shape index (κ2) is 7.88. The number of benzene rings is 1. The van der Waals surface area contributed by atoms with Gasteiger partial charge in [-0.25, -0.2) is 9.97 Å². The van der Waals surface area contributed by atoms with Gasteiger partial charge in [-0.1, -0.05) is 30.3 Å². The SMILES string of the molecule is CN1CCN(C(=O)c2cnc(NCCc3ccccc3)cn2)CC1.